The summed E-state index contributed by atoms with van der Waals surface area (Å²) in [6.07, 6.45) is 1.53. The first-order chi connectivity index (χ1) is 20.6. The number of hydrogen-bond acceptors (Lipinski definition) is 7. The van der Waals surface area contributed by atoms with E-state index < -0.39 is 5.92 Å². The summed E-state index contributed by atoms with van der Waals surface area (Å²) < 4.78 is 23.9. The number of furan rings is 1. The topological polar surface area (TPSA) is 77.4 Å². The summed E-state index contributed by atoms with van der Waals surface area (Å²) in [4.78, 5) is 14.0. The van der Waals surface area contributed by atoms with Crippen molar-refractivity contribution in [3.8, 4) is 11.5 Å². The van der Waals surface area contributed by atoms with Crippen LogP contribution in [0, 0.1) is 0 Å². The molecule has 0 N–H and O–H groups in total. The number of nitrogens with zero attached hydrogens (tertiary/aromatic N) is 2. The molecule has 42 heavy (non-hydrogen) atoms. The maximum Gasteiger partial charge on any atom is 0.206 e. The Bertz CT molecular complexity index is 2000. The molecule has 0 amide bonds. The summed E-state index contributed by atoms with van der Waals surface area (Å²) in [6.45, 7) is 0. The zero-order valence-electron chi connectivity index (χ0n) is 22.8. The first-order valence-electron chi connectivity index (χ1n) is 13.4. The Morgan fingerprint density at radius 3 is 2.21 bits per heavy atom. The van der Waals surface area contributed by atoms with Gasteiger partial charge in [-0.2, -0.15) is 5.10 Å². The van der Waals surface area contributed by atoms with Crippen LogP contribution in [0.4, 0.5) is 5.69 Å². The van der Waals surface area contributed by atoms with Crippen molar-refractivity contribution in [2.75, 3.05) is 19.2 Å². The molecular formula is C34H25ClN2O5. The van der Waals surface area contributed by atoms with Gasteiger partial charge in [0.25, 0.3) is 0 Å². The van der Waals surface area contributed by atoms with E-state index in [1.807, 2.05) is 89.9 Å². The number of hydrogen-bond donors (Lipinski definition) is 0. The monoisotopic (exact) mass is 576 g/mol. The van der Waals surface area contributed by atoms with Gasteiger partial charge in [-0.25, -0.2) is 0 Å². The van der Waals surface area contributed by atoms with E-state index in [1.165, 1.54) is 26.5 Å². The number of ether oxygens (including phenoxy) is 2. The molecule has 2 atom stereocenters. The van der Waals surface area contributed by atoms with Gasteiger partial charge in [0.05, 0.1) is 49.2 Å². The molecular weight excluding hydrogens is 552 g/mol. The normalized spacial score (nSPS) is 16.6. The first kappa shape index (κ1) is 25.9. The van der Waals surface area contributed by atoms with E-state index in [0.29, 0.717) is 33.3 Å². The Kier molecular flexibility index (Phi) is 6.44. The van der Waals surface area contributed by atoms with E-state index in [-0.39, 0.29) is 22.4 Å². The molecule has 7 nitrogen and oxygen atoms in total. The second-order valence-electron chi connectivity index (χ2n) is 9.95. The highest BCUT2D eigenvalue weighted by molar-refractivity contribution is 6.30. The zero-order chi connectivity index (χ0) is 28.8. The molecule has 0 bridgehead atoms. The highest BCUT2D eigenvalue weighted by Gasteiger charge is 2.43. The SMILES string of the molecule is COc1c2occc2c(OC)c2c(=O)cc(C3C(c4ccccc4)=NN(c4ccccc4)C3c3ccc(Cl)cc3)oc12. The summed E-state index contributed by atoms with van der Waals surface area (Å²) in [5.74, 6) is 0.649. The Morgan fingerprint density at radius 1 is 0.833 bits per heavy atom. The van der Waals surface area contributed by atoms with E-state index in [1.54, 1.807) is 6.07 Å². The minimum Gasteiger partial charge on any atom is -0.495 e. The molecule has 6 aromatic rings. The molecule has 1 aliphatic heterocycles. The molecule has 0 fully saturated rings. The third-order valence-electron chi connectivity index (χ3n) is 7.62. The van der Waals surface area contributed by atoms with Gasteiger partial charge in [0, 0.05) is 11.1 Å². The Labute approximate surface area is 246 Å². The van der Waals surface area contributed by atoms with Crippen molar-refractivity contribution in [2.45, 2.75) is 12.0 Å². The Balaban J connectivity index is 1.53. The van der Waals surface area contributed by atoms with Gasteiger partial charge < -0.3 is 18.3 Å². The molecule has 2 unspecified atom stereocenters. The van der Waals surface area contributed by atoms with E-state index in [2.05, 4.69) is 0 Å². The second-order valence-corrected chi connectivity index (χ2v) is 10.4. The average molecular weight is 577 g/mol. The predicted octanol–water partition coefficient (Wildman–Crippen LogP) is 7.96. The molecule has 3 heterocycles. The van der Waals surface area contributed by atoms with Crippen LogP contribution in [0.2, 0.25) is 5.02 Å². The third-order valence-corrected chi connectivity index (χ3v) is 7.87. The summed E-state index contributed by atoms with van der Waals surface area (Å²) in [5.41, 5.74) is 3.95. The quantitative estimate of drug-likeness (QED) is 0.200. The minimum atomic E-state index is -0.478. The molecule has 8 heteroatoms. The molecule has 208 valence electrons. The fourth-order valence-electron chi connectivity index (χ4n) is 5.80. The number of anilines is 1. The van der Waals surface area contributed by atoms with Crippen molar-refractivity contribution in [1.82, 2.24) is 0 Å². The van der Waals surface area contributed by atoms with Crippen LogP contribution >= 0.6 is 11.6 Å². The molecule has 0 saturated carbocycles. The van der Waals surface area contributed by atoms with Crippen LogP contribution < -0.4 is 19.9 Å². The number of halogens is 1. The molecule has 0 saturated heterocycles. The number of para-hydroxylation sites is 1. The molecule has 7 rings (SSSR count). The van der Waals surface area contributed by atoms with E-state index in [9.17, 15) is 4.79 Å². The van der Waals surface area contributed by atoms with Crippen molar-refractivity contribution in [1.29, 1.82) is 0 Å². The lowest BCUT2D eigenvalue weighted by Crippen LogP contribution is -2.25. The first-order valence-corrected chi connectivity index (χ1v) is 13.8. The maximum absolute atomic E-state index is 14.0. The van der Waals surface area contributed by atoms with Gasteiger partial charge in [0.15, 0.2) is 16.6 Å². The fraction of sp³-hybridized carbons (Fsp3) is 0.118. The summed E-state index contributed by atoms with van der Waals surface area (Å²) in [7, 11) is 3.04. The third kappa shape index (κ3) is 4.13. The van der Waals surface area contributed by atoms with Gasteiger partial charge in [0.2, 0.25) is 5.75 Å². The summed E-state index contributed by atoms with van der Waals surface area (Å²) in [6, 6.07) is 30.4. The number of hydrazone groups is 1. The van der Waals surface area contributed by atoms with E-state index in [4.69, 9.17) is 35.0 Å². The zero-order valence-corrected chi connectivity index (χ0v) is 23.5. The Morgan fingerprint density at radius 2 is 1.52 bits per heavy atom. The van der Waals surface area contributed by atoms with Crippen LogP contribution in [-0.2, 0) is 0 Å². The molecule has 0 spiro atoms. The number of methoxy groups -OCH3 is 2. The number of fused-ring (bicyclic) bond motifs is 2. The lowest BCUT2D eigenvalue weighted by atomic mass is 9.84. The second kappa shape index (κ2) is 10.4. The molecule has 0 radical (unpaired) electrons. The van der Waals surface area contributed by atoms with Crippen LogP contribution in [0.5, 0.6) is 11.5 Å². The van der Waals surface area contributed by atoms with Crippen molar-refractivity contribution >= 4 is 44.9 Å². The van der Waals surface area contributed by atoms with Crippen LogP contribution in [-0.4, -0.2) is 19.9 Å². The van der Waals surface area contributed by atoms with Gasteiger partial charge in [-0.05, 0) is 41.5 Å². The lowest BCUT2D eigenvalue weighted by molar-refractivity contribution is 0.395. The highest BCUT2D eigenvalue weighted by Crippen LogP contribution is 2.48. The van der Waals surface area contributed by atoms with Gasteiger partial charge in [-0.1, -0.05) is 72.3 Å². The highest BCUT2D eigenvalue weighted by atomic mass is 35.5. The predicted molar refractivity (Wildman–Crippen MR) is 164 cm³/mol. The van der Waals surface area contributed by atoms with Gasteiger partial charge in [0.1, 0.15) is 16.9 Å². The molecule has 4 aromatic carbocycles. The van der Waals surface area contributed by atoms with Crippen molar-refractivity contribution < 1.29 is 18.3 Å². The van der Waals surface area contributed by atoms with Crippen molar-refractivity contribution in [3.63, 3.8) is 0 Å². The molecule has 2 aromatic heterocycles. The summed E-state index contributed by atoms with van der Waals surface area (Å²) in [5, 5.41) is 8.69. The van der Waals surface area contributed by atoms with Crippen LogP contribution in [0.3, 0.4) is 0 Å². The van der Waals surface area contributed by atoms with Crippen LogP contribution in [0.15, 0.2) is 122 Å². The fourth-order valence-corrected chi connectivity index (χ4v) is 5.93. The van der Waals surface area contributed by atoms with Gasteiger partial charge in [-0.15, -0.1) is 0 Å². The van der Waals surface area contributed by atoms with Crippen molar-refractivity contribution in [3.05, 3.63) is 135 Å². The van der Waals surface area contributed by atoms with Gasteiger partial charge in [-0.3, -0.25) is 9.80 Å². The van der Waals surface area contributed by atoms with Crippen molar-refractivity contribution in [2.24, 2.45) is 5.10 Å². The smallest absolute Gasteiger partial charge is 0.206 e. The number of benzene rings is 4. The summed E-state index contributed by atoms with van der Waals surface area (Å²) >= 11 is 6.30. The average Bonchev–Trinajstić information content (AvgIpc) is 3.67. The standard InChI is InChI=1S/C34H25ClN2O5/c1-39-31-24-17-18-41-32(24)34(40-2)33-27(31)25(38)19-26(42-33)28-29(20-9-5-3-6-10-20)36-37(23-11-7-4-8-12-23)30(28)21-13-15-22(35)16-14-21/h3-19,28,30H,1-2H3. The number of rotatable bonds is 6. The van der Waals surface area contributed by atoms with Gasteiger partial charge >= 0.3 is 0 Å². The maximum atomic E-state index is 14.0. The van der Waals surface area contributed by atoms with Crippen LogP contribution in [0.25, 0.3) is 21.9 Å². The Hall–Kier alpha value is -5.01. The molecule has 0 aliphatic carbocycles. The van der Waals surface area contributed by atoms with Crippen LogP contribution in [0.1, 0.15) is 28.8 Å². The largest absolute Gasteiger partial charge is 0.495 e. The lowest BCUT2D eigenvalue weighted by Gasteiger charge is -2.28. The minimum absolute atomic E-state index is 0.250. The van der Waals surface area contributed by atoms with E-state index in [0.717, 1.165) is 22.5 Å². The van der Waals surface area contributed by atoms with E-state index >= 15 is 0 Å². The molecule has 1 aliphatic rings.